The second-order valence-electron chi connectivity index (χ2n) is 6.30. The van der Waals surface area contributed by atoms with Crippen LogP contribution >= 0.6 is 0 Å². The lowest BCUT2D eigenvalue weighted by molar-refractivity contribution is 0.730. The van der Waals surface area contributed by atoms with Crippen molar-refractivity contribution < 1.29 is 0 Å². The largest absolute Gasteiger partial charge is 0.369 e. The molecular weight excluding hydrogens is 312 g/mol. The number of aromatic nitrogens is 5. The minimum atomic E-state index is 0.701. The van der Waals surface area contributed by atoms with Crippen LogP contribution in [0.3, 0.4) is 0 Å². The highest BCUT2D eigenvalue weighted by Crippen LogP contribution is 2.21. The lowest BCUT2D eigenvalue weighted by Crippen LogP contribution is -2.11. The second kappa shape index (κ2) is 7.01. The highest BCUT2D eigenvalue weighted by Gasteiger charge is 2.12. The molecule has 3 aromatic heterocycles. The third-order valence-corrected chi connectivity index (χ3v) is 4.64. The van der Waals surface area contributed by atoms with Gasteiger partial charge in [0.05, 0.1) is 5.69 Å². The molecule has 0 unspecified atom stereocenters. The van der Waals surface area contributed by atoms with Crippen LogP contribution in [0.5, 0.6) is 0 Å². The lowest BCUT2D eigenvalue weighted by Gasteiger charge is -2.12. The molecule has 0 spiro atoms. The van der Waals surface area contributed by atoms with E-state index < -0.39 is 0 Å². The topological polar surface area (TPSA) is 68.5 Å². The molecule has 0 fully saturated rings. The van der Waals surface area contributed by atoms with Gasteiger partial charge in [-0.25, -0.2) is 9.97 Å². The highest BCUT2D eigenvalue weighted by atomic mass is 15.3. The van der Waals surface area contributed by atoms with Gasteiger partial charge in [0.2, 0.25) is 0 Å². The maximum Gasteiger partial charge on any atom is 0.163 e. The molecule has 0 aliphatic rings. The van der Waals surface area contributed by atoms with Crippen LogP contribution in [-0.2, 0) is 13.5 Å². The zero-order chi connectivity index (χ0) is 18.0. The summed E-state index contributed by atoms with van der Waals surface area (Å²) in [5, 5.41) is 7.95. The van der Waals surface area contributed by atoms with E-state index in [4.69, 9.17) is 4.98 Å². The van der Waals surface area contributed by atoms with Gasteiger partial charge in [0, 0.05) is 48.5 Å². The first kappa shape index (κ1) is 17.1. The van der Waals surface area contributed by atoms with Crippen LogP contribution in [0.2, 0.25) is 0 Å². The molecule has 0 saturated carbocycles. The first-order valence-corrected chi connectivity index (χ1v) is 8.46. The van der Waals surface area contributed by atoms with E-state index in [1.54, 1.807) is 12.4 Å². The van der Waals surface area contributed by atoms with Crippen molar-refractivity contribution in [2.24, 2.45) is 7.05 Å². The average molecular weight is 336 g/mol. The third-order valence-electron chi connectivity index (χ3n) is 4.64. The Kier molecular flexibility index (Phi) is 4.79. The number of rotatable bonds is 5. The number of aryl methyl sites for hydroxylation is 3. The SMILES string of the molecule is Cc1nc(-c2cccnc2)nc(NCCc2c(C)nn(C)c2C)c1C. The van der Waals surface area contributed by atoms with Gasteiger partial charge in [0.15, 0.2) is 5.82 Å². The molecule has 1 N–H and O–H groups in total. The molecule has 3 rings (SSSR count). The van der Waals surface area contributed by atoms with Crippen LogP contribution in [-0.4, -0.2) is 31.3 Å². The van der Waals surface area contributed by atoms with Gasteiger partial charge in [0.25, 0.3) is 0 Å². The van der Waals surface area contributed by atoms with Crippen LogP contribution in [0, 0.1) is 27.7 Å². The van der Waals surface area contributed by atoms with Crippen LogP contribution in [0.1, 0.15) is 28.2 Å². The van der Waals surface area contributed by atoms with Crippen LogP contribution < -0.4 is 5.32 Å². The molecule has 0 aromatic carbocycles. The lowest BCUT2D eigenvalue weighted by atomic mass is 10.1. The Morgan fingerprint density at radius 1 is 1.08 bits per heavy atom. The molecule has 0 amide bonds. The molecule has 0 aliphatic heterocycles. The van der Waals surface area contributed by atoms with E-state index in [-0.39, 0.29) is 0 Å². The van der Waals surface area contributed by atoms with Gasteiger partial charge in [-0.2, -0.15) is 5.10 Å². The van der Waals surface area contributed by atoms with Crippen LogP contribution in [0.25, 0.3) is 11.4 Å². The smallest absolute Gasteiger partial charge is 0.163 e. The maximum absolute atomic E-state index is 4.70. The van der Waals surface area contributed by atoms with Crippen molar-refractivity contribution in [3.63, 3.8) is 0 Å². The van der Waals surface area contributed by atoms with E-state index in [1.165, 1.54) is 11.3 Å². The Bertz CT molecular complexity index is 883. The Morgan fingerprint density at radius 3 is 2.52 bits per heavy atom. The third kappa shape index (κ3) is 3.52. The number of hydrogen-bond acceptors (Lipinski definition) is 5. The van der Waals surface area contributed by atoms with Crippen molar-refractivity contribution in [3.05, 3.63) is 52.7 Å². The summed E-state index contributed by atoms with van der Waals surface area (Å²) in [7, 11) is 1.98. The predicted molar refractivity (Wildman–Crippen MR) is 99.6 cm³/mol. The van der Waals surface area contributed by atoms with Gasteiger partial charge in [-0.3, -0.25) is 9.67 Å². The van der Waals surface area contributed by atoms with E-state index in [1.807, 2.05) is 37.7 Å². The normalized spacial score (nSPS) is 10.9. The monoisotopic (exact) mass is 336 g/mol. The molecule has 130 valence electrons. The summed E-state index contributed by atoms with van der Waals surface area (Å²) in [6.07, 6.45) is 4.45. The molecule has 6 nitrogen and oxygen atoms in total. The summed E-state index contributed by atoms with van der Waals surface area (Å²) in [4.78, 5) is 13.5. The van der Waals surface area contributed by atoms with E-state index in [9.17, 15) is 0 Å². The van der Waals surface area contributed by atoms with E-state index in [0.29, 0.717) is 5.82 Å². The fourth-order valence-electron chi connectivity index (χ4n) is 2.91. The summed E-state index contributed by atoms with van der Waals surface area (Å²) in [5.74, 6) is 1.58. The van der Waals surface area contributed by atoms with Crippen molar-refractivity contribution in [2.45, 2.75) is 34.1 Å². The zero-order valence-electron chi connectivity index (χ0n) is 15.5. The molecule has 0 aliphatic carbocycles. The zero-order valence-corrected chi connectivity index (χ0v) is 15.5. The predicted octanol–water partition coefficient (Wildman–Crippen LogP) is 3.16. The van der Waals surface area contributed by atoms with Crippen molar-refractivity contribution in [1.29, 1.82) is 0 Å². The molecule has 25 heavy (non-hydrogen) atoms. The van der Waals surface area contributed by atoms with Gasteiger partial charge in [-0.15, -0.1) is 0 Å². The molecule has 6 heteroatoms. The summed E-state index contributed by atoms with van der Waals surface area (Å²) in [6, 6.07) is 3.87. The molecule has 3 heterocycles. The summed E-state index contributed by atoms with van der Waals surface area (Å²) in [5.41, 5.74) is 6.58. The first-order valence-electron chi connectivity index (χ1n) is 8.46. The number of pyridine rings is 1. The minimum Gasteiger partial charge on any atom is -0.369 e. The van der Waals surface area contributed by atoms with E-state index >= 15 is 0 Å². The summed E-state index contributed by atoms with van der Waals surface area (Å²) >= 11 is 0. The summed E-state index contributed by atoms with van der Waals surface area (Å²) in [6.45, 7) is 9.03. The molecular formula is C19H24N6. The van der Waals surface area contributed by atoms with E-state index in [2.05, 4.69) is 34.2 Å². The second-order valence-corrected chi connectivity index (χ2v) is 6.30. The fraction of sp³-hybridized carbons (Fsp3) is 0.368. The van der Waals surface area contributed by atoms with Gasteiger partial charge in [0.1, 0.15) is 5.82 Å². The van der Waals surface area contributed by atoms with Crippen molar-refractivity contribution in [3.8, 4) is 11.4 Å². The number of nitrogens with zero attached hydrogens (tertiary/aromatic N) is 5. The van der Waals surface area contributed by atoms with Crippen molar-refractivity contribution in [2.75, 3.05) is 11.9 Å². The van der Waals surface area contributed by atoms with Gasteiger partial charge in [-0.05, 0) is 51.8 Å². The molecule has 0 bridgehead atoms. The van der Waals surface area contributed by atoms with Gasteiger partial charge < -0.3 is 5.32 Å². The van der Waals surface area contributed by atoms with E-state index in [0.717, 1.165) is 41.3 Å². The number of nitrogens with one attached hydrogen (secondary N) is 1. The van der Waals surface area contributed by atoms with Crippen LogP contribution in [0.4, 0.5) is 5.82 Å². The summed E-state index contributed by atoms with van der Waals surface area (Å²) < 4.78 is 1.94. The Hall–Kier alpha value is -2.76. The molecule has 3 aromatic rings. The fourth-order valence-corrected chi connectivity index (χ4v) is 2.91. The average Bonchev–Trinajstić information content (AvgIpc) is 2.85. The van der Waals surface area contributed by atoms with Gasteiger partial charge in [-0.1, -0.05) is 0 Å². The highest BCUT2D eigenvalue weighted by molar-refractivity contribution is 5.58. The Balaban J connectivity index is 1.79. The standard InChI is InChI=1S/C19H24N6/c1-12-13(2)22-19(16-7-6-9-20-11-16)23-18(12)21-10-8-17-14(3)24-25(5)15(17)4/h6-7,9,11H,8,10H2,1-5H3,(H,21,22,23). The maximum atomic E-state index is 4.70. The Labute approximate surface area is 148 Å². The molecule has 0 saturated heterocycles. The van der Waals surface area contributed by atoms with Crippen LogP contribution in [0.15, 0.2) is 24.5 Å². The first-order chi connectivity index (χ1) is 12.0. The molecule has 0 radical (unpaired) electrons. The van der Waals surface area contributed by atoms with Crippen molar-refractivity contribution >= 4 is 5.82 Å². The minimum absolute atomic E-state index is 0.701. The number of anilines is 1. The number of hydrogen-bond donors (Lipinski definition) is 1. The Morgan fingerprint density at radius 2 is 1.88 bits per heavy atom. The van der Waals surface area contributed by atoms with Gasteiger partial charge >= 0.3 is 0 Å². The quantitative estimate of drug-likeness (QED) is 0.775. The molecule has 0 atom stereocenters. The van der Waals surface area contributed by atoms with Crippen molar-refractivity contribution in [1.82, 2.24) is 24.7 Å².